The minimum absolute atomic E-state index is 0.251. The van der Waals surface area contributed by atoms with Crippen LogP contribution in [0.1, 0.15) is 77.2 Å². The SMILES string of the molecule is CCCCC(CC)(C(=O)NC1CCCCC1)c1ccccc1. The third-order valence-corrected chi connectivity index (χ3v) is 5.26. The van der Waals surface area contributed by atoms with Crippen molar-refractivity contribution in [3.63, 3.8) is 0 Å². The molecule has 0 radical (unpaired) electrons. The molecule has 122 valence electrons. The Kier molecular flexibility index (Phi) is 6.48. The van der Waals surface area contributed by atoms with Crippen molar-refractivity contribution in [2.75, 3.05) is 0 Å². The highest BCUT2D eigenvalue weighted by atomic mass is 16.2. The molecule has 1 aromatic rings. The van der Waals surface area contributed by atoms with Crippen LogP contribution < -0.4 is 5.32 Å². The fraction of sp³-hybridized carbons (Fsp3) is 0.650. The lowest BCUT2D eigenvalue weighted by Crippen LogP contribution is -2.48. The Morgan fingerprint density at radius 1 is 1.14 bits per heavy atom. The quantitative estimate of drug-likeness (QED) is 0.756. The maximum Gasteiger partial charge on any atom is 0.230 e. The molecule has 1 aromatic carbocycles. The van der Waals surface area contributed by atoms with E-state index >= 15 is 0 Å². The van der Waals surface area contributed by atoms with Crippen molar-refractivity contribution in [1.82, 2.24) is 5.32 Å². The Hall–Kier alpha value is -1.31. The van der Waals surface area contributed by atoms with Gasteiger partial charge in [-0.3, -0.25) is 4.79 Å². The number of carbonyl (C=O) groups is 1. The normalized spacial score (nSPS) is 18.6. The molecule has 1 aliphatic carbocycles. The summed E-state index contributed by atoms with van der Waals surface area (Å²) < 4.78 is 0. The third kappa shape index (κ3) is 3.91. The second-order valence-electron chi connectivity index (χ2n) is 6.71. The summed E-state index contributed by atoms with van der Waals surface area (Å²) in [6, 6.07) is 10.8. The number of rotatable bonds is 7. The summed E-state index contributed by atoms with van der Waals surface area (Å²) in [6.07, 6.45) is 10.2. The van der Waals surface area contributed by atoms with Gasteiger partial charge < -0.3 is 5.32 Å². The molecule has 0 bridgehead atoms. The molecule has 1 unspecified atom stereocenters. The zero-order valence-corrected chi connectivity index (χ0v) is 14.2. The molecule has 1 aliphatic rings. The summed E-state index contributed by atoms with van der Waals surface area (Å²) in [5.41, 5.74) is 0.827. The summed E-state index contributed by atoms with van der Waals surface area (Å²) in [4.78, 5) is 13.2. The van der Waals surface area contributed by atoms with Crippen LogP contribution in [-0.4, -0.2) is 11.9 Å². The molecule has 22 heavy (non-hydrogen) atoms. The van der Waals surface area contributed by atoms with Crippen LogP contribution in [0, 0.1) is 0 Å². The van der Waals surface area contributed by atoms with Crippen molar-refractivity contribution in [1.29, 1.82) is 0 Å². The van der Waals surface area contributed by atoms with Gasteiger partial charge in [-0.15, -0.1) is 0 Å². The number of nitrogens with one attached hydrogen (secondary N) is 1. The summed E-state index contributed by atoms with van der Waals surface area (Å²) in [7, 11) is 0. The van der Waals surface area contributed by atoms with E-state index in [1.165, 1.54) is 24.8 Å². The van der Waals surface area contributed by atoms with E-state index in [-0.39, 0.29) is 11.3 Å². The van der Waals surface area contributed by atoms with Crippen molar-refractivity contribution in [3.05, 3.63) is 35.9 Å². The van der Waals surface area contributed by atoms with Crippen molar-refractivity contribution < 1.29 is 4.79 Å². The molecular formula is C20H31NO. The van der Waals surface area contributed by atoms with Gasteiger partial charge in [0.2, 0.25) is 5.91 Å². The molecule has 1 saturated carbocycles. The molecule has 1 amide bonds. The van der Waals surface area contributed by atoms with E-state index in [4.69, 9.17) is 0 Å². The first-order valence-electron chi connectivity index (χ1n) is 9.09. The molecule has 0 aromatic heterocycles. The second-order valence-corrected chi connectivity index (χ2v) is 6.71. The van der Waals surface area contributed by atoms with Crippen molar-refractivity contribution in [2.24, 2.45) is 0 Å². The molecule has 1 N–H and O–H groups in total. The number of hydrogen-bond acceptors (Lipinski definition) is 1. The summed E-state index contributed by atoms with van der Waals surface area (Å²) in [5, 5.41) is 3.38. The van der Waals surface area contributed by atoms with Gasteiger partial charge in [0.25, 0.3) is 0 Å². The van der Waals surface area contributed by atoms with Crippen LogP contribution in [0.2, 0.25) is 0 Å². The molecule has 1 fully saturated rings. The van der Waals surface area contributed by atoms with Crippen LogP contribution >= 0.6 is 0 Å². The molecular weight excluding hydrogens is 270 g/mol. The first-order valence-corrected chi connectivity index (χ1v) is 9.09. The fourth-order valence-electron chi connectivity index (χ4n) is 3.74. The van der Waals surface area contributed by atoms with Gasteiger partial charge in [0.15, 0.2) is 0 Å². The molecule has 0 spiro atoms. The Morgan fingerprint density at radius 3 is 2.41 bits per heavy atom. The number of amides is 1. The zero-order chi connectivity index (χ0) is 15.8. The summed E-state index contributed by atoms with van der Waals surface area (Å²) >= 11 is 0. The smallest absolute Gasteiger partial charge is 0.230 e. The van der Waals surface area contributed by atoms with Crippen molar-refractivity contribution >= 4 is 5.91 Å². The minimum atomic E-state index is -0.352. The highest BCUT2D eigenvalue weighted by molar-refractivity contribution is 5.88. The highest BCUT2D eigenvalue weighted by Crippen LogP contribution is 2.34. The monoisotopic (exact) mass is 301 g/mol. The van der Waals surface area contributed by atoms with Crippen molar-refractivity contribution in [2.45, 2.75) is 83.1 Å². The third-order valence-electron chi connectivity index (χ3n) is 5.26. The van der Waals surface area contributed by atoms with Gasteiger partial charge in [-0.1, -0.05) is 76.3 Å². The van der Waals surface area contributed by atoms with Crippen LogP contribution in [0.15, 0.2) is 30.3 Å². The zero-order valence-electron chi connectivity index (χ0n) is 14.2. The Balaban J connectivity index is 2.20. The lowest BCUT2D eigenvalue weighted by Gasteiger charge is -2.35. The largest absolute Gasteiger partial charge is 0.353 e. The molecule has 1 atom stereocenters. The molecule has 2 nitrogen and oxygen atoms in total. The number of hydrogen-bond donors (Lipinski definition) is 1. The first kappa shape index (κ1) is 17.1. The average molecular weight is 301 g/mol. The first-order chi connectivity index (χ1) is 10.7. The van der Waals surface area contributed by atoms with E-state index < -0.39 is 0 Å². The van der Waals surface area contributed by atoms with Gasteiger partial charge in [-0.05, 0) is 31.2 Å². The summed E-state index contributed by atoms with van der Waals surface area (Å²) in [6.45, 7) is 4.35. The van der Waals surface area contributed by atoms with Crippen LogP contribution in [0.3, 0.4) is 0 Å². The van der Waals surface area contributed by atoms with Crippen molar-refractivity contribution in [3.8, 4) is 0 Å². The van der Waals surface area contributed by atoms with Crippen LogP contribution in [0.5, 0.6) is 0 Å². The van der Waals surface area contributed by atoms with Gasteiger partial charge in [0.05, 0.1) is 5.41 Å². The highest BCUT2D eigenvalue weighted by Gasteiger charge is 2.38. The van der Waals surface area contributed by atoms with E-state index in [1.54, 1.807) is 0 Å². The Bertz CT molecular complexity index is 450. The van der Waals surface area contributed by atoms with E-state index in [2.05, 4.69) is 43.4 Å². The Labute approximate surface area is 135 Å². The average Bonchev–Trinajstić information content (AvgIpc) is 2.58. The van der Waals surface area contributed by atoms with Gasteiger partial charge in [0, 0.05) is 6.04 Å². The molecule has 0 aliphatic heterocycles. The maximum atomic E-state index is 13.2. The van der Waals surface area contributed by atoms with Crippen LogP contribution in [0.4, 0.5) is 0 Å². The second kappa shape index (κ2) is 8.36. The standard InChI is InChI=1S/C20H31NO/c1-3-5-16-20(4-2,17-12-8-6-9-13-17)19(22)21-18-14-10-7-11-15-18/h6,8-9,12-13,18H,3-5,7,10-11,14-16H2,1-2H3,(H,21,22). The predicted octanol–water partition coefficient (Wildman–Crippen LogP) is 4.97. The van der Waals surface area contributed by atoms with E-state index in [0.717, 1.165) is 38.5 Å². The fourth-order valence-corrected chi connectivity index (χ4v) is 3.74. The van der Waals surface area contributed by atoms with Gasteiger partial charge in [-0.25, -0.2) is 0 Å². The topological polar surface area (TPSA) is 29.1 Å². The number of benzene rings is 1. The molecule has 0 heterocycles. The molecule has 2 heteroatoms. The van der Waals surface area contributed by atoms with E-state index in [9.17, 15) is 4.79 Å². The lowest BCUT2D eigenvalue weighted by molar-refractivity contribution is -0.128. The predicted molar refractivity (Wildman–Crippen MR) is 93.0 cm³/mol. The number of unbranched alkanes of at least 4 members (excludes halogenated alkanes) is 1. The van der Waals surface area contributed by atoms with Gasteiger partial charge in [-0.2, -0.15) is 0 Å². The number of carbonyl (C=O) groups excluding carboxylic acids is 1. The minimum Gasteiger partial charge on any atom is -0.353 e. The molecule has 0 saturated heterocycles. The van der Waals surface area contributed by atoms with Crippen LogP contribution in [-0.2, 0) is 10.2 Å². The van der Waals surface area contributed by atoms with Gasteiger partial charge >= 0.3 is 0 Å². The maximum absolute atomic E-state index is 13.2. The molecule has 2 rings (SSSR count). The summed E-state index contributed by atoms with van der Waals surface area (Å²) in [5.74, 6) is 0.251. The van der Waals surface area contributed by atoms with E-state index in [1.807, 2.05) is 6.07 Å². The van der Waals surface area contributed by atoms with Crippen LogP contribution in [0.25, 0.3) is 0 Å². The van der Waals surface area contributed by atoms with E-state index in [0.29, 0.717) is 6.04 Å². The van der Waals surface area contributed by atoms with Gasteiger partial charge in [0.1, 0.15) is 0 Å². The Morgan fingerprint density at radius 2 is 1.82 bits per heavy atom. The lowest BCUT2D eigenvalue weighted by atomic mass is 9.73.